The minimum absolute atomic E-state index is 0.149. The first kappa shape index (κ1) is 16.3. The Kier molecular flexibility index (Phi) is 5.06. The highest BCUT2D eigenvalue weighted by molar-refractivity contribution is 5.85. The van der Waals surface area contributed by atoms with Gasteiger partial charge in [-0.3, -0.25) is 4.79 Å². The number of carbonyl (C=O) groups is 2. The Labute approximate surface area is 131 Å². The fourth-order valence-corrected chi connectivity index (χ4v) is 2.55. The van der Waals surface area contributed by atoms with Gasteiger partial charge >= 0.3 is 6.09 Å². The Morgan fingerprint density at radius 3 is 2.55 bits per heavy atom. The predicted molar refractivity (Wildman–Crippen MR) is 84.6 cm³/mol. The molecule has 2 rings (SSSR count). The SMILES string of the molecule is CC(C)(C)OC(=O)N[C@@H]1CCC(c2ccccc2)CNC1=O. The van der Waals surface area contributed by atoms with E-state index in [0.29, 0.717) is 13.0 Å². The molecule has 2 N–H and O–H groups in total. The molecule has 0 bridgehead atoms. The van der Waals surface area contributed by atoms with Crippen LogP contribution in [0.5, 0.6) is 0 Å². The van der Waals surface area contributed by atoms with Crippen LogP contribution in [0.25, 0.3) is 0 Å². The molecule has 1 unspecified atom stereocenters. The van der Waals surface area contributed by atoms with Crippen LogP contribution in [-0.2, 0) is 9.53 Å². The molecule has 1 aliphatic heterocycles. The van der Waals surface area contributed by atoms with E-state index in [1.54, 1.807) is 20.8 Å². The molecule has 0 spiro atoms. The maximum absolute atomic E-state index is 12.1. The summed E-state index contributed by atoms with van der Waals surface area (Å²) in [6, 6.07) is 9.57. The van der Waals surface area contributed by atoms with Crippen molar-refractivity contribution in [2.24, 2.45) is 0 Å². The van der Waals surface area contributed by atoms with Crippen molar-refractivity contribution in [3.8, 4) is 0 Å². The lowest BCUT2D eigenvalue weighted by Crippen LogP contribution is -2.47. The summed E-state index contributed by atoms with van der Waals surface area (Å²) in [6.07, 6.45) is 0.888. The minimum Gasteiger partial charge on any atom is -0.444 e. The largest absolute Gasteiger partial charge is 0.444 e. The molecular formula is C17H24N2O3. The lowest BCUT2D eigenvalue weighted by Gasteiger charge is -2.22. The number of ether oxygens (including phenoxy) is 1. The summed E-state index contributed by atoms with van der Waals surface area (Å²) in [5.41, 5.74) is 0.637. The molecule has 0 aromatic heterocycles. The molecule has 1 saturated heterocycles. The normalized spacial score (nSPS) is 22.4. The van der Waals surface area contributed by atoms with Crippen molar-refractivity contribution in [3.05, 3.63) is 35.9 Å². The van der Waals surface area contributed by atoms with Crippen molar-refractivity contribution < 1.29 is 14.3 Å². The van der Waals surface area contributed by atoms with E-state index in [0.717, 1.165) is 6.42 Å². The van der Waals surface area contributed by atoms with E-state index in [4.69, 9.17) is 4.74 Å². The molecule has 1 aromatic carbocycles. The highest BCUT2D eigenvalue weighted by atomic mass is 16.6. The molecule has 5 nitrogen and oxygen atoms in total. The van der Waals surface area contributed by atoms with E-state index < -0.39 is 17.7 Å². The van der Waals surface area contributed by atoms with Crippen LogP contribution in [-0.4, -0.2) is 30.2 Å². The van der Waals surface area contributed by atoms with Gasteiger partial charge in [-0.05, 0) is 39.2 Å². The topological polar surface area (TPSA) is 67.4 Å². The summed E-state index contributed by atoms with van der Waals surface area (Å²) in [4.78, 5) is 23.9. The molecule has 0 aliphatic carbocycles. The number of alkyl carbamates (subject to hydrolysis) is 1. The molecule has 1 aliphatic rings. The third-order valence-electron chi connectivity index (χ3n) is 3.60. The van der Waals surface area contributed by atoms with Gasteiger partial charge in [0.05, 0.1) is 0 Å². The summed E-state index contributed by atoms with van der Waals surface area (Å²) in [5.74, 6) is 0.125. The molecule has 2 amide bonds. The Balaban J connectivity index is 1.95. The maximum atomic E-state index is 12.1. The second-order valence-electron chi connectivity index (χ2n) is 6.63. The minimum atomic E-state index is -0.572. The number of carbonyl (C=O) groups excluding carboxylic acids is 2. The average molecular weight is 304 g/mol. The molecule has 5 heteroatoms. The van der Waals surface area contributed by atoms with Crippen LogP contribution in [0.2, 0.25) is 0 Å². The lowest BCUT2D eigenvalue weighted by atomic mass is 9.94. The Morgan fingerprint density at radius 1 is 1.23 bits per heavy atom. The zero-order chi connectivity index (χ0) is 16.2. The number of benzene rings is 1. The first-order valence-electron chi connectivity index (χ1n) is 7.67. The number of nitrogens with one attached hydrogen (secondary N) is 2. The van der Waals surface area contributed by atoms with Crippen LogP contribution in [0.1, 0.15) is 45.1 Å². The standard InChI is InChI=1S/C17H24N2O3/c1-17(2,3)22-16(21)19-14-10-9-13(11-18-15(14)20)12-7-5-4-6-8-12/h4-8,13-14H,9-11H2,1-3H3,(H,18,20)(H,19,21)/t13?,14-/m1/s1. The third kappa shape index (κ3) is 4.76. The van der Waals surface area contributed by atoms with E-state index in [2.05, 4.69) is 22.8 Å². The lowest BCUT2D eigenvalue weighted by molar-refractivity contribution is -0.122. The maximum Gasteiger partial charge on any atom is 0.408 e. The summed E-state index contributed by atoms with van der Waals surface area (Å²) in [7, 11) is 0. The van der Waals surface area contributed by atoms with Gasteiger partial charge in [-0.2, -0.15) is 0 Å². The van der Waals surface area contributed by atoms with Crippen molar-refractivity contribution >= 4 is 12.0 Å². The fraction of sp³-hybridized carbons (Fsp3) is 0.529. The van der Waals surface area contributed by atoms with Crippen LogP contribution in [0.3, 0.4) is 0 Å². The molecule has 0 radical (unpaired) electrons. The van der Waals surface area contributed by atoms with Crippen LogP contribution in [0.15, 0.2) is 30.3 Å². The van der Waals surface area contributed by atoms with Gasteiger partial charge in [-0.1, -0.05) is 30.3 Å². The summed E-state index contributed by atoms with van der Waals surface area (Å²) in [6.45, 7) is 5.98. The smallest absolute Gasteiger partial charge is 0.408 e. The Hall–Kier alpha value is -2.04. The second kappa shape index (κ2) is 6.81. The van der Waals surface area contributed by atoms with Gasteiger partial charge in [0.1, 0.15) is 11.6 Å². The van der Waals surface area contributed by atoms with Crippen molar-refractivity contribution in [1.29, 1.82) is 0 Å². The van der Waals surface area contributed by atoms with Gasteiger partial charge in [0, 0.05) is 12.5 Å². The van der Waals surface area contributed by atoms with E-state index in [1.165, 1.54) is 5.56 Å². The zero-order valence-electron chi connectivity index (χ0n) is 13.4. The monoisotopic (exact) mass is 304 g/mol. The highest BCUT2D eigenvalue weighted by Gasteiger charge is 2.28. The summed E-state index contributed by atoms with van der Waals surface area (Å²) >= 11 is 0. The van der Waals surface area contributed by atoms with E-state index in [9.17, 15) is 9.59 Å². The number of rotatable bonds is 2. The fourth-order valence-electron chi connectivity index (χ4n) is 2.55. The van der Waals surface area contributed by atoms with Crippen molar-refractivity contribution in [2.75, 3.05) is 6.54 Å². The molecular weight excluding hydrogens is 280 g/mol. The number of hydrogen-bond acceptors (Lipinski definition) is 3. The average Bonchev–Trinajstić information content (AvgIpc) is 2.61. The van der Waals surface area contributed by atoms with E-state index in [1.807, 2.05) is 18.2 Å². The Bertz CT molecular complexity index is 522. The second-order valence-corrected chi connectivity index (χ2v) is 6.63. The van der Waals surface area contributed by atoms with Crippen LogP contribution >= 0.6 is 0 Å². The number of hydrogen-bond donors (Lipinski definition) is 2. The number of amides is 2. The van der Waals surface area contributed by atoms with Gasteiger partial charge in [0.2, 0.25) is 5.91 Å². The summed E-state index contributed by atoms with van der Waals surface area (Å²) in [5, 5.41) is 5.57. The van der Waals surface area contributed by atoms with Gasteiger partial charge in [0.15, 0.2) is 0 Å². The van der Waals surface area contributed by atoms with E-state index >= 15 is 0 Å². The predicted octanol–water partition coefficient (Wildman–Crippen LogP) is 2.57. The molecule has 1 heterocycles. The van der Waals surface area contributed by atoms with Crippen molar-refractivity contribution in [3.63, 3.8) is 0 Å². The molecule has 2 atom stereocenters. The molecule has 1 aromatic rings. The molecule has 0 saturated carbocycles. The molecule has 22 heavy (non-hydrogen) atoms. The quantitative estimate of drug-likeness (QED) is 0.882. The Morgan fingerprint density at radius 2 is 1.91 bits per heavy atom. The van der Waals surface area contributed by atoms with Crippen molar-refractivity contribution in [2.45, 2.75) is 51.2 Å². The van der Waals surface area contributed by atoms with Crippen LogP contribution < -0.4 is 10.6 Å². The first-order chi connectivity index (χ1) is 10.3. The highest BCUT2D eigenvalue weighted by Crippen LogP contribution is 2.23. The third-order valence-corrected chi connectivity index (χ3v) is 3.60. The first-order valence-corrected chi connectivity index (χ1v) is 7.67. The van der Waals surface area contributed by atoms with Gasteiger partial charge in [-0.15, -0.1) is 0 Å². The van der Waals surface area contributed by atoms with Gasteiger partial charge in [0.25, 0.3) is 0 Å². The van der Waals surface area contributed by atoms with Gasteiger partial charge in [-0.25, -0.2) is 4.79 Å². The van der Waals surface area contributed by atoms with Crippen LogP contribution in [0.4, 0.5) is 4.79 Å². The zero-order valence-corrected chi connectivity index (χ0v) is 13.4. The van der Waals surface area contributed by atoms with E-state index in [-0.39, 0.29) is 11.8 Å². The van der Waals surface area contributed by atoms with Crippen molar-refractivity contribution in [1.82, 2.24) is 10.6 Å². The molecule has 1 fully saturated rings. The van der Waals surface area contributed by atoms with Crippen LogP contribution in [0, 0.1) is 0 Å². The molecule has 120 valence electrons. The van der Waals surface area contributed by atoms with Gasteiger partial charge < -0.3 is 15.4 Å². The summed E-state index contributed by atoms with van der Waals surface area (Å²) < 4.78 is 5.21.